The molecule has 0 fully saturated rings. The monoisotopic (exact) mass is 356 g/mol. The Labute approximate surface area is 155 Å². The van der Waals surface area contributed by atoms with Crippen LogP contribution in [0.5, 0.6) is 6.01 Å². The number of imidazole rings is 1. The fourth-order valence-electron chi connectivity index (χ4n) is 2.84. The minimum atomic E-state index is 0.229. The molecule has 0 amide bonds. The Bertz CT molecular complexity index is 1140. The predicted octanol–water partition coefficient (Wildman–Crippen LogP) is 3.01. The number of hydrogen-bond donors (Lipinski definition) is 0. The van der Waals surface area contributed by atoms with Crippen LogP contribution in [-0.4, -0.2) is 31.1 Å². The second-order valence-electron chi connectivity index (χ2n) is 6.01. The number of benzene rings is 1. The van der Waals surface area contributed by atoms with E-state index in [0.717, 1.165) is 28.7 Å². The molecule has 3 heterocycles. The molecule has 4 rings (SSSR count). The molecule has 27 heavy (non-hydrogen) atoms. The van der Waals surface area contributed by atoms with Gasteiger partial charge in [0.25, 0.3) is 0 Å². The molecule has 0 aliphatic carbocycles. The molecule has 4 aromatic rings. The van der Waals surface area contributed by atoms with Crippen molar-refractivity contribution >= 4 is 11.0 Å². The van der Waals surface area contributed by atoms with Crippen LogP contribution in [0.2, 0.25) is 0 Å². The second-order valence-corrected chi connectivity index (χ2v) is 6.01. The third-order valence-corrected chi connectivity index (χ3v) is 4.13. The number of hydrogen-bond acceptors (Lipinski definition) is 6. The first-order valence-corrected chi connectivity index (χ1v) is 8.48. The first-order valence-electron chi connectivity index (χ1n) is 8.48. The third-order valence-electron chi connectivity index (χ3n) is 4.13. The zero-order valence-corrected chi connectivity index (χ0v) is 14.7. The molecule has 0 aliphatic rings. The summed E-state index contributed by atoms with van der Waals surface area (Å²) in [5, 5.41) is 9.42. The number of aryl methyl sites for hydroxylation is 1. The molecule has 132 valence electrons. The molecule has 0 radical (unpaired) electrons. The molecule has 0 unspecified atom stereocenters. The maximum absolute atomic E-state index is 9.42. The zero-order valence-electron chi connectivity index (χ0n) is 14.7. The fourth-order valence-corrected chi connectivity index (χ4v) is 2.84. The number of rotatable bonds is 5. The van der Waals surface area contributed by atoms with Crippen molar-refractivity contribution in [1.29, 1.82) is 5.26 Å². The molecule has 3 aromatic heterocycles. The van der Waals surface area contributed by atoms with E-state index >= 15 is 0 Å². The standard InChI is InChI=1S/C20H16N6O/c1-14-10-15(6-8-22-14)7-9-27-20-23-12-16(11-21)19(25-20)26-13-24-17-4-2-3-5-18(17)26/h2-6,8,10,12-13H,7,9H2,1H3. The average Bonchev–Trinajstić information content (AvgIpc) is 3.12. The van der Waals surface area contributed by atoms with Crippen molar-refractivity contribution in [2.24, 2.45) is 0 Å². The van der Waals surface area contributed by atoms with Crippen molar-refractivity contribution in [3.63, 3.8) is 0 Å². The summed E-state index contributed by atoms with van der Waals surface area (Å²) in [6, 6.07) is 14.0. The highest BCUT2D eigenvalue weighted by molar-refractivity contribution is 5.77. The van der Waals surface area contributed by atoms with Crippen molar-refractivity contribution in [3.8, 4) is 17.9 Å². The van der Waals surface area contributed by atoms with Gasteiger partial charge in [0.1, 0.15) is 18.0 Å². The highest BCUT2D eigenvalue weighted by Crippen LogP contribution is 2.20. The Morgan fingerprint density at radius 2 is 2.04 bits per heavy atom. The minimum absolute atomic E-state index is 0.229. The first-order chi connectivity index (χ1) is 13.2. The van der Waals surface area contributed by atoms with Crippen molar-refractivity contribution in [3.05, 3.63) is 71.9 Å². The molecule has 0 saturated heterocycles. The van der Waals surface area contributed by atoms with Crippen LogP contribution in [0.15, 0.2) is 55.1 Å². The van der Waals surface area contributed by atoms with Crippen LogP contribution in [0, 0.1) is 18.3 Å². The van der Waals surface area contributed by atoms with Crippen LogP contribution >= 0.6 is 0 Å². The lowest BCUT2D eigenvalue weighted by molar-refractivity contribution is 0.296. The van der Waals surface area contributed by atoms with Crippen molar-refractivity contribution < 1.29 is 4.74 Å². The third kappa shape index (κ3) is 3.46. The number of aromatic nitrogens is 5. The summed E-state index contributed by atoms with van der Waals surface area (Å²) in [6.07, 6.45) is 5.63. The fraction of sp³-hybridized carbons (Fsp3) is 0.150. The van der Waals surface area contributed by atoms with Gasteiger partial charge in [-0.25, -0.2) is 9.97 Å². The van der Waals surface area contributed by atoms with Crippen LogP contribution in [0.4, 0.5) is 0 Å². The Hall–Kier alpha value is -3.79. The van der Waals surface area contributed by atoms with Crippen molar-refractivity contribution in [1.82, 2.24) is 24.5 Å². The van der Waals surface area contributed by atoms with Gasteiger partial charge < -0.3 is 4.74 Å². The van der Waals surface area contributed by atoms with Crippen LogP contribution < -0.4 is 4.74 Å². The Balaban J connectivity index is 1.59. The highest BCUT2D eigenvalue weighted by Gasteiger charge is 2.13. The summed E-state index contributed by atoms with van der Waals surface area (Å²) in [6.45, 7) is 2.38. The van der Waals surface area contributed by atoms with Crippen molar-refractivity contribution in [2.75, 3.05) is 6.61 Å². The lowest BCUT2D eigenvalue weighted by Gasteiger charge is -2.09. The molecule has 7 nitrogen and oxygen atoms in total. The summed E-state index contributed by atoms with van der Waals surface area (Å²) >= 11 is 0. The van der Waals surface area contributed by atoms with E-state index in [9.17, 15) is 5.26 Å². The van der Waals surface area contributed by atoms with Gasteiger partial charge in [-0.1, -0.05) is 12.1 Å². The number of ether oxygens (including phenoxy) is 1. The SMILES string of the molecule is Cc1cc(CCOc2ncc(C#N)c(-n3cnc4ccccc43)n2)ccn1. The number of nitrogens with zero attached hydrogens (tertiary/aromatic N) is 6. The van der Waals surface area contributed by atoms with Gasteiger partial charge in [0.05, 0.1) is 23.8 Å². The minimum Gasteiger partial charge on any atom is -0.463 e. The molecule has 1 aromatic carbocycles. The maximum atomic E-state index is 9.42. The first kappa shape index (κ1) is 16.7. The van der Waals surface area contributed by atoms with E-state index in [4.69, 9.17) is 4.74 Å². The quantitative estimate of drug-likeness (QED) is 0.546. The van der Waals surface area contributed by atoms with E-state index in [0.29, 0.717) is 18.0 Å². The van der Waals surface area contributed by atoms with E-state index < -0.39 is 0 Å². The summed E-state index contributed by atoms with van der Waals surface area (Å²) in [7, 11) is 0. The largest absolute Gasteiger partial charge is 0.463 e. The van der Waals surface area contributed by atoms with Gasteiger partial charge in [-0.05, 0) is 36.8 Å². The van der Waals surface area contributed by atoms with Gasteiger partial charge >= 0.3 is 6.01 Å². The summed E-state index contributed by atoms with van der Waals surface area (Å²) in [5.74, 6) is 0.455. The van der Waals surface area contributed by atoms with Crippen LogP contribution in [-0.2, 0) is 6.42 Å². The topological polar surface area (TPSA) is 89.5 Å². The zero-order chi connectivity index (χ0) is 18.6. The molecule has 0 bridgehead atoms. The van der Waals surface area contributed by atoms with Gasteiger partial charge in [0, 0.05) is 18.3 Å². The van der Waals surface area contributed by atoms with Gasteiger partial charge in [-0.3, -0.25) is 9.55 Å². The normalized spacial score (nSPS) is 10.7. The predicted molar refractivity (Wildman–Crippen MR) is 99.5 cm³/mol. The van der Waals surface area contributed by atoms with E-state index in [1.54, 1.807) is 17.1 Å². The highest BCUT2D eigenvalue weighted by atomic mass is 16.5. The number of nitriles is 1. The number of pyridine rings is 1. The van der Waals surface area contributed by atoms with Gasteiger partial charge in [0.2, 0.25) is 0 Å². The second kappa shape index (κ2) is 7.22. The number of para-hydroxylation sites is 2. The van der Waals surface area contributed by atoms with Gasteiger partial charge in [-0.15, -0.1) is 0 Å². The molecule has 0 N–H and O–H groups in total. The summed E-state index contributed by atoms with van der Waals surface area (Å²) in [5.41, 5.74) is 4.16. The average molecular weight is 356 g/mol. The number of fused-ring (bicyclic) bond motifs is 1. The van der Waals surface area contributed by atoms with Gasteiger partial charge in [-0.2, -0.15) is 10.2 Å². The van der Waals surface area contributed by atoms with Crippen molar-refractivity contribution in [2.45, 2.75) is 13.3 Å². The molecule has 0 saturated carbocycles. The molecule has 0 aliphatic heterocycles. The lowest BCUT2D eigenvalue weighted by Crippen LogP contribution is -2.08. The lowest BCUT2D eigenvalue weighted by atomic mass is 10.2. The van der Waals surface area contributed by atoms with Crippen LogP contribution in [0.3, 0.4) is 0 Å². The molecule has 7 heteroatoms. The Morgan fingerprint density at radius 3 is 2.89 bits per heavy atom. The van der Waals surface area contributed by atoms with Crippen LogP contribution in [0.1, 0.15) is 16.8 Å². The Morgan fingerprint density at radius 1 is 1.15 bits per heavy atom. The summed E-state index contributed by atoms with van der Waals surface area (Å²) in [4.78, 5) is 17.1. The van der Waals surface area contributed by atoms with Crippen LogP contribution in [0.25, 0.3) is 16.9 Å². The summed E-state index contributed by atoms with van der Waals surface area (Å²) < 4.78 is 7.49. The smallest absolute Gasteiger partial charge is 0.318 e. The van der Waals surface area contributed by atoms with E-state index in [1.807, 2.05) is 43.3 Å². The van der Waals surface area contributed by atoms with E-state index in [2.05, 4.69) is 26.0 Å². The molecule has 0 spiro atoms. The Kier molecular flexibility index (Phi) is 4.45. The molecular formula is C20H16N6O. The molecular weight excluding hydrogens is 340 g/mol. The van der Waals surface area contributed by atoms with Gasteiger partial charge in [0.15, 0.2) is 5.82 Å². The van der Waals surface area contributed by atoms with E-state index in [-0.39, 0.29) is 6.01 Å². The molecule has 0 atom stereocenters. The maximum Gasteiger partial charge on any atom is 0.318 e. The van der Waals surface area contributed by atoms with E-state index in [1.165, 1.54) is 6.20 Å².